The summed E-state index contributed by atoms with van der Waals surface area (Å²) in [6, 6.07) is 23.3. The number of methoxy groups -OCH3 is 1. The SMILES string of the molecule is COC(=O)c1ccccc1-c1ccc(-c2nc3c(c(=O)[nH]c(=O)n3Cc3ccccc3)n2Cc2ccco2)o1. The summed E-state index contributed by atoms with van der Waals surface area (Å²) < 4.78 is 19.7. The number of rotatable bonds is 7. The second kappa shape index (κ2) is 9.82. The van der Waals surface area contributed by atoms with Crippen molar-refractivity contribution < 1.29 is 18.4 Å². The fourth-order valence-electron chi connectivity index (χ4n) is 4.57. The number of nitrogens with zero attached hydrogens (tertiary/aromatic N) is 3. The summed E-state index contributed by atoms with van der Waals surface area (Å²) in [5, 5.41) is 0. The summed E-state index contributed by atoms with van der Waals surface area (Å²) >= 11 is 0. The van der Waals surface area contributed by atoms with Crippen molar-refractivity contribution >= 4 is 17.1 Å². The maximum Gasteiger partial charge on any atom is 0.338 e. The molecule has 0 aliphatic rings. The highest BCUT2D eigenvalue weighted by atomic mass is 16.5. The number of ether oxygens (including phenoxy) is 1. The molecule has 0 saturated carbocycles. The summed E-state index contributed by atoms with van der Waals surface area (Å²) in [5.74, 6) is 1.16. The molecule has 6 rings (SSSR count). The molecule has 2 aromatic carbocycles. The van der Waals surface area contributed by atoms with E-state index in [1.165, 1.54) is 11.7 Å². The lowest BCUT2D eigenvalue weighted by atomic mass is 10.1. The van der Waals surface area contributed by atoms with Crippen LogP contribution in [0.5, 0.6) is 0 Å². The number of hydrogen-bond acceptors (Lipinski definition) is 7. The summed E-state index contributed by atoms with van der Waals surface area (Å²) in [4.78, 5) is 45.6. The van der Waals surface area contributed by atoms with Crippen LogP contribution in [0.25, 0.3) is 34.1 Å². The quantitative estimate of drug-likeness (QED) is 0.310. The van der Waals surface area contributed by atoms with Crippen LogP contribution < -0.4 is 11.2 Å². The Morgan fingerprint density at radius 3 is 2.44 bits per heavy atom. The van der Waals surface area contributed by atoms with E-state index >= 15 is 0 Å². The van der Waals surface area contributed by atoms with Gasteiger partial charge in [0.05, 0.1) is 32.0 Å². The number of aromatic amines is 1. The predicted octanol–water partition coefficient (Wildman–Crippen LogP) is 4.29. The number of aromatic nitrogens is 4. The number of imidazole rings is 1. The lowest BCUT2D eigenvalue weighted by molar-refractivity contribution is 0.0601. The van der Waals surface area contributed by atoms with Crippen LogP contribution in [-0.4, -0.2) is 32.2 Å². The number of carbonyl (C=O) groups is 1. The molecule has 194 valence electrons. The van der Waals surface area contributed by atoms with E-state index in [1.54, 1.807) is 59.4 Å². The van der Waals surface area contributed by atoms with Crippen LogP contribution in [0.3, 0.4) is 0 Å². The third-order valence-corrected chi connectivity index (χ3v) is 6.39. The van der Waals surface area contributed by atoms with E-state index in [4.69, 9.17) is 18.6 Å². The Kier molecular flexibility index (Phi) is 6.04. The zero-order valence-corrected chi connectivity index (χ0v) is 20.8. The van der Waals surface area contributed by atoms with E-state index < -0.39 is 17.2 Å². The number of carbonyl (C=O) groups excluding carboxylic acids is 1. The van der Waals surface area contributed by atoms with E-state index in [2.05, 4.69) is 4.98 Å². The standard InChI is InChI=1S/C29H22N4O6/c1-37-28(35)21-12-6-5-11-20(21)22-13-14-23(39-22)25-30-26-24(32(25)17-19-10-7-15-38-19)27(34)31-29(36)33(26)16-18-8-3-2-4-9-18/h2-15H,16-17H2,1H3,(H,31,34,36). The van der Waals surface area contributed by atoms with E-state index in [0.717, 1.165) is 5.56 Å². The van der Waals surface area contributed by atoms with Crippen molar-refractivity contribution in [3.63, 3.8) is 0 Å². The fourth-order valence-corrected chi connectivity index (χ4v) is 4.57. The van der Waals surface area contributed by atoms with Gasteiger partial charge in [-0.05, 0) is 35.9 Å². The molecule has 10 heteroatoms. The van der Waals surface area contributed by atoms with E-state index in [1.807, 2.05) is 30.3 Å². The van der Waals surface area contributed by atoms with Crippen molar-refractivity contribution in [3.05, 3.63) is 123 Å². The average molecular weight is 523 g/mol. The minimum absolute atomic E-state index is 0.167. The smallest absolute Gasteiger partial charge is 0.338 e. The second-order valence-electron chi connectivity index (χ2n) is 8.81. The molecule has 6 aromatic rings. The highest BCUT2D eigenvalue weighted by Gasteiger charge is 2.24. The maximum absolute atomic E-state index is 13.1. The van der Waals surface area contributed by atoms with Gasteiger partial charge in [0.2, 0.25) is 0 Å². The fraction of sp³-hybridized carbons (Fsp3) is 0.103. The van der Waals surface area contributed by atoms with Crippen molar-refractivity contribution in [3.8, 4) is 22.9 Å². The minimum atomic E-state index is -0.576. The van der Waals surface area contributed by atoms with Gasteiger partial charge in [-0.2, -0.15) is 0 Å². The monoisotopic (exact) mass is 522 g/mol. The Morgan fingerprint density at radius 2 is 1.67 bits per heavy atom. The minimum Gasteiger partial charge on any atom is -0.467 e. The van der Waals surface area contributed by atoms with Crippen molar-refractivity contribution in [2.24, 2.45) is 0 Å². The van der Waals surface area contributed by atoms with E-state index in [9.17, 15) is 14.4 Å². The van der Waals surface area contributed by atoms with Gasteiger partial charge in [0.25, 0.3) is 5.56 Å². The van der Waals surface area contributed by atoms with Gasteiger partial charge in [-0.1, -0.05) is 48.5 Å². The Balaban J connectivity index is 1.55. The van der Waals surface area contributed by atoms with Gasteiger partial charge < -0.3 is 18.1 Å². The molecule has 0 bridgehead atoms. The van der Waals surface area contributed by atoms with Crippen LogP contribution in [0, 0.1) is 0 Å². The Labute approximate surface area is 220 Å². The van der Waals surface area contributed by atoms with Gasteiger partial charge in [0.15, 0.2) is 22.7 Å². The van der Waals surface area contributed by atoms with Crippen molar-refractivity contribution in [2.75, 3.05) is 7.11 Å². The third-order valence-electron chi connectivity index (χ3n) is 6.39. The van der Waals surface area contributed by atoms with Crippen LogP contribution >= 0.6 is 0 Å². The first kappa shape index (κ1) is 24.0. The molecule has 4 aromatic heterocycles. The summed E-state index contributed by atoms with van der Waals surface area (Å²) in [5.41, 5.74) is 1.02. The first-order valence-electron chi connectivity index (χ1n) is 12.1. The Bertz CT molecular complexity index is 1910. The predicted molar refractivity (Wildman–Crippen MR) is 142 cm³/mol. The lowest BCUT2D eigenvalue weighted by Crippen LogP contribution is -2.31. The number of nitrogens with one attached hydrogen (secondary N) is 1. The number of benzene rings is 2. The van der Waals surface area contributed by atoms with Crippen LogP contribution in [0.4, 0.5) is 0 Å². The Morgan fingerprint density at radius 1 is 0.897 bits per heavy atom. The van der Waals surface area contributed by atoms with Crippen LogP contribution in [0.2, 0.25) is 0 Å². The Hall–Kier alpha value is -5.38. The number of hydrogen-bond donors (Lipinski definition) is 1. The van der Waals surface area contributed by atoms with Gasteiger partial charge in [0, 0.05) is 5.56 Å². The molecule has 0 radical (unpaired) electrons. The van der Waals surface area contributed by atoms with Crippen LogP contribution in [0.1, 0.15) is 21.7 Å². The molecular formula is C29H22N4O6. The molecule has 1 N–H and O–H groups in total. The zero-order valence-electron chi connectivity index (χ0n) is 20.8. The molecule has 10 nitrogen and oxygen atoms in total. The third kappa shape index (κ3) is 4.37. The molecule has 0 aliphatic carbocycles. The van der Waals surface area contributed by atoms with Gasteiger partial charge in [-0.15, -0.1) is 0 Å². The van der Waals surface area contributed by atoms with E-state index in [0.29, 0.717) is 34.2 Å². The summed E-state index contributed by atoms with van der Waals surface area (Å²) in [6.45, 7) is 0.375. The number of H-pyrrole nitrogens is 1. The summed E-state index contributed by atoms with van der Waals surface area (Å²) in [6.07, 6.45) is 1.54. The summed E-state index contributed by atoms with van der Waals surface area (Å²) in [7, 11) is 1.32. The topological polar surface area (TPSA) is 125 Å². The zero-order chi connectivity index (χ0) is 26.9. The van der Waals surface area contributed by atoms with Crippen molar-refractivity contribution in [1.82, 2.24) is 19.1 Å². The molecule has 0 amide bonds. The second-order valence-corrected chi connectivity index (χ2v) is 8.81. The number of furan rings is 2. The largest absolute Gasteiger partial charge is 0.467 e. The van der Waals surface area contributed by atoms with Gasteiger partial charge in [0.1, 0.15) is 11.5 Å². The van der Waals surface area contributed by atoms with Gasteiger partial charge in [-0.25, -0.2) is 14.6 Å². The molecule has 0 aliphatic heterocycles. The molecule has 0 spiro atoms. The van der Waals surface area contributed by atoms with Crippen molar-refractivity contribution in [2.45, 2.75) is 13.1 Å². The molecule has 0 unspecified atom stereocenters. The maximum atomic E-state index is 13.1. The van der Waals surface area contributed by atoms with Crippen LogP contribution in [0.15, 0.2) is 104 Å². The lowest BCUT2D eigenvalue weighted by Gasteiger charge is -2.08. The number of esters is 1. The van der Waals surface area contributed by atoms with Crippen molar-refractivity contribution in [1.29, 1.82) is 0 Å². The average Bonchev–Trinajstić information content (AvgIpc) is 3.72. The normalized spacial score (nSPS) is 11.2. The van der Waals surface area contributed by atoms with E-state index in [-0.39, 0.29) is 24.3 Å². The highest BCUT2D eigenvalue weighted by Crippen LogP contribution is 2.32. The molecule has 39 heavy (non-hydrogen) atoms. The molecule has 4 heterocycles. The highest BCUT2D eigenvalue weighted by molar-refractivity contribution is 5.96. The molecule has 0 atom stereocenters. The van der Waals surface area contributed by atoms with Crippen LogP contribution in [-0.2, 0) is 17.8 Å². The first-order chi connectivity index (χ1) is 19.0. The van der Waals surface area contributed by atoms with Gasteiger partial charge in [-0.3, -0.25) is 14.3 Å². The van der Waals surface area contributed by atoms with Gasteiger partial charge >= 0.3 is 11.7 Å². The molecule has 0 fully saturated rings. The molecule has 0 saturated heterocycles. The molecular weight excluding hydrogens is 500 g/mol. The number of fused-ring (bicyclic) bond motifs is 1. The first-order valence-corrected chi connectivity index (χ1v) is 12.1.